The summed E-state index contributed by atoms with van der Waals surface area (Å²) < 4.78 is 13.4. The quantitative estimate of drug-likeness (QED) is 0.215. The summed E-state index contributed by atoms with van der Waals surface area (Å²) in [4.78, 5) is 30.9. The van der Waals surface area contributed by atoms with Crippen LogP contribution < -0.4 is 9.47 Å². The predicted molar refractivity (Wildman–Crippen MR) is 191 cm³/mol. The summed E-state index contributed by atoms with van der Waals surface area (Å²) >= 11 is 8.38. The van der Waals surface area contributed by atoms with Crippen LogP contribution in [-0.4, -0.2) is 23.1 Å². The number of carbonyl (C=O) groups is 2. The van der Waals surface area contributed by atoms with Crippen LogP contribution in [0.25, 0.3) is 0 Å². The molecule has 0 amide bonds. The lowest BCUT2D eigenvalue weighted by Gasteiger charge is -2.49. The van der Waals surface area contributed by atoms with Crippen molar-refractivity contribution in [2.45, 2.75) is 79.4 Å². The van der Waals surface area contributed by atoms with E-state index < -0.39 is 5.92 Å². The third kappa shape index (κ3) is 6.66. The molecular formula is C39H41ClINO4. The van der Waals surface area contributed by atoms with Gasteiger partial charge in [-0.25, -0.2) is 0 Å². The van der Waals surface area contributed by atoms with Gasteiger partial charge >= 0.3 is 0 Å². The smallest absolute Gasteiger partial charge is 0.174 e. The van der Waals surface area contributed by atoms with Gasteiger partial charge in [0, 0.05) is 52.9 Å². The molecule has 0 atom stereocenters. The molecule has 7 heteroatoms. The van der Waals surface area contributed by atoms with E-state index in [2.05, 4.69) is 73.4 Å². The summed E-state index contributed by atoms with van der Waals surface area (Å²) in [6, 6.07) is 22.0. The van der Waals surface area contributed by atoms with E-state index in [1.54, 1.807) is 0 Å². The number of Topliss-reactive ketones (excluding diaryl/α,β-unsaturated/α-hetero) is 2. The van der Waals surface area contributed by atoms with E-state index in [1.165, 1.54) is 0 Å². The van der Waals surface area contributed by atoms with E-state index in [0.29, 0.717) is 49.1 Å². The Morgan fingerprint density at radius 3 is 1.96 bits per heavy atom. The predicted octanol–water partition coefficient (Wildman–Crippen LogP) is 9.81. The van der Waals surface area contributed by atoms with Gasteiger partial charge in [0.2, 0.25) is 0 Å². The van der Waals surface area contributed by atoms with Crippen LogP contribution in [-0.2, 0) is 22.7 Å². The summed E-state index contributed by atoms with van der Waals surface area (Å²) in [5.74, 6) is 1.05. The zero-order chi connectivity index (χ0) is 32.8. The topological polar surface area (TPSA) is 55.8 Å². The van der Waals surface area contributed by atoms with Crippen LogP contribution >= 0.6 is 34.2 Å². The lowest BCUT2D eigenvalue weighted by molar-refractivity contribution is -0.119. The first kappa shape index (κ1) is 32.8. The molecule has 0 fully saturated rings. The summed E-state index contributed by atoms with van der Waals surface area (Å²) in [6.07, 6.45) is 2.42. The fraction of sp³-hybridized carbons (Fsp3) is 0.385. The maximum absolute atomic E-state index is 14.3. The average Bonchev–Trinajstić information content (AvgIpc) is 2.97. The molecule has 0 bridgehead atoms. The van der Waals surface area contributed by atoms with Crippen LogP contribution in [0.15, 0.2) is 89.3 Å². The molecule has 6 rings (SSSR count). The maximum atomic E-state index is 14.3. The monoisotopic (exact) mass is 749 g/mol. The van der Waals surface area contributed by atoms with Gasteiger partial charge in [-0.15, -0.1) is 0 Å². The Morgan fingerprint density at radius 2 is 1.39 bits per heavy atom. The first-order chi connectivity index (χ1) is 21.9. The van der Waals surface area contributed by atoms with Gasteiger partial charge in [0.1, 0.15) is 6.61 Å². The van der Waals surface area contributed by atoms with Gasteiger partial charge in [0.05, 0.1) is 10.2 Å². The highest BCUT2D eigenvalue weighted by Gasteiger charge is 2.49. The Kier molecular flexibility index (Phi) is 9.16. The maximum Gasteiger partial charge on any atom is 0.174 e. The van der Waals surface area contributed by atoms with Gasteiger partial charge < -0.3 is 14.4 Å². The third-order valence-corrected chi connectivity index (χ3v) is 10.2. The van der Waals surface area contributed by atoms with Gasteiger partial charge in [-0.05, 0) is 94.1 Å². The zero-order valence-corrected chi connectivity index (χ0v) is 30.1. The van der Waals surface area contributed by atoms with Gasteiger partial charge in [0.15, 0.2) is 23.1 Å². The van der Waals surface area contributed by atoms with Crippen LogP contribution in [0.5, 0.6) is 11.5 Å². The number of halogens is 2. The molecule has 1 aliphatic heterocycles. The van der Waals surface area contributed by atoms with Crippen molar-refractivity contribution in [2.24, 2.45) is 10.8 Å². The number of hydrogen-bond donors (Lipinski definition) is 0. The molecular weight excluding hydrogens is 709 g/mol. The fourth-order valence-electron chi connectivity index (χ4n) is 7.23. The molecule has 46 heavy (non-hydrogen) atoms. The molecule has 3 aromatic rings. The Balaban J connectivity index is 1.51. The highest BCUT2D eigenvalue weighted by atomic mass is 127. The second-order valence-electron chi connectivity index (χ2n) is 14.3. The van der Waals surface area contributed by atoms with Crippen molar-refractivity contribution in [3.8, 4) is 11.5 Å². The van der Waals surface area contributed by atoms with Crippen molar-refractivity contribution in [1.82, 2.24) is 4.90 Å². The highest BCUT2D eigenvalue weighted by Crippen LogP contribution is 2.55. The molecule has 3 aromatic carbocycles. The number of benzene rings is 3. The molecule has 0 saturated carbocycles. The van der Waals surface area contributed by atoms with Crippen molar-refractivity contribution < 1.29 is 19.1 Å². The average molecular weight is 750 g/mol. The molecule has 3 aliphatic rings. The van der Waals surface area contributed by atoms with E-state index in [0.717, 1.165) is 55.6 Å². The Hall–Kier alpha value is -3.10. The van der Waals surface area contributed by atoms with Gasteiger partial charge in [-0.1, -0.05) is 81.8 Å². The van der Waals surface area contributed by atoms with E-state index in [9.17, 15) is 9.59 Å². The lowest BCUT2D eigenvalue weighted by atomic mass is 9.63. The number of ether oxygens (including phenoxy) is 2. The molecule has 0 N–H and O–H groups in total. The number of allylic oxidation sites excluding steroid dienone is 4. The summed E-state index contributed by atoms with van der Waals surface area (Å²) in [5.41, 5.74) is 6.29. The number of nitrogens with zero attached hydrogens (tertiary/aromatic N) is 1. The molecule has 0 radical (unpaired) electrons. The van der Waals surface area contributed by atoms with Crippen molar-refractivity contribution in [1.29, 1.82) is 0 Å². The molecule has 5 nitrogen and oxygen atoms in total. The SMILES string of the molecule is CCOc1cc(C2C3=C(CC(C)(C)CC3=O)N(Cc3ccccc3)C3=C2C(=O)CC(C)(C)C3)cc(I)c1OCc1ccc(Cl)cc1. The van der Waals surface area contributed by atoms with Gasteiger partial charge in [-0.2, -0.15) is 0 Å². The number of carbonyl (C=O) groups excluding carboxylic acids is 2. The molecule has 0 spiro atoms. The van der Waals surface area contributed by atoms with Crippen LogP contribution in [0.4, 0.5) is 0 Å². The van der Waals surface area contributed by atoms with Crippen molar-refractivity contribution in [2.75, 3.05) is 6.61 Å². The van der Waals surface area contributed by atoms with E-state index >= 15 is 0 Å². The zero-order valence-electron chi connectivity index (χ0n) is 27.2. The largest absolute Gasteiger partial charge is 0.490 e. The normalized spacial score (nSPS) is 19.2. The number of rotatable bonds is 8. The van der Waals surface area contributed by atoms with Crippen LogP contribution in [0.3, 0.4) is 0 Å². The third-order valence-electron chi connectivity index (χ3n) is 9.17. The van der Waals surface area contributed by atoms with E-state index in [-0.39, 0.29) is 22.4 Å². The van der Waals surface area contributed by atoms with Crippen molar-refractivity contribution >= 4 is 45.8 Å². The summed E-state index contributed by atoms with van der Waals surface area (Å²) in [5, 5.41) is 0.677. The number of hydrogen-bond acceptors (Lipinski definition) is 5. The minimum absolute atomic E-state index is 0.120. The van der Waals surface area contributed by atoms with Crippen LogP contribution in [0.1, 0.15) is 82.9 Å². The minimum atomic E-state index is -0.456. The second-order valence-corrected chi connectivity index (χ2v) is 15.9. The van der Waals surface area contributed by atoms with Crippen molar-refractivity contribution in [3.05, 3.63) is 115 Å². The first-order valence-electron chi connectivity index (χ1n) is 16.0. The second kappa shape index (κ2) is 12.8. The summed E-state index contributed by atoms with van der Waals surface area (Å²) in [6.45, 7) is 12.1. The first-order valence-corrected chi connectivity index (χ1v) is 17.5. The lowest BCUT2D eigenvalue weighted by Crippen LogP contribution is -2.44. The van der Waals surface area contributed by atoms with Crippen LogP contribution in [0, 0.1) is 14.4 Å². The molecule has 240 valence electrons. The van der Waals surface area contributed by atoms with Crippen molar-refractivity contribution in [3.63, 3.8) is 0 Å². The molecule has 2 aliphatic carbocycles. The highest BCUT2D eigenvalue weighted by molar-refractivity contribution is 14.1. The summed E-state index contributed by atoms with van der Waals surface area (Å²) in [7, 11) is 0. The Bertz CT molecular complexity index is 1690. The van der Waals surface area contributed by atoms with Gasteiger partial charge in [-0.3, -0.25) is 9.59 Å². The number of ketones is 2. The van der Waals surface area contributed by atoms with Crippen LogP contribution in [0.2, 0.25) is 5.02 Å². The Labute approximate surface area is 291 Å². The fourth-order valence-corrected chi connectivity index (χ4v) is 8.14. The molecule has 0 unspecified atom stereocenters. The standard InChI is InChI=1S/C39H41ClINO4/c1-6-45-33-17-26(16-28(41)37(33)46-23-25-12-14-27(40)15-13-25)34-35-29(18-38(2,3)20-31(35)43)42(22-24-10-8-7-9-11-24)30-19-39(4,5)21-32(44)36(30)34/h7-17,34H,6,18-23H2,1-5H3. The van der Waals surface area contributed by atoms with Gasteiger partial charge in [0.25, 0.3) is 0 Å². The molecule has 0 saturated heterocycles. The Morgan fingerprint density at radius 1 is 0.804 bits per heavy atom. The van der Waals surface area contributed by atoms with E-state index in [1.807, 2.05) is 55.5 Å². The molecule has 0 aromatic heterocycles. The minimum Gasteiger partial charge on any atom is -0.490 e. The molecule has 1 heterocycles. The van der Waals surface area contributed by atoms with E-state index in [4.69, 9.17) is 21.1 Å².